The van der Waals surface area contributed by atoms with Gasteiger partial charge in [0.25, 0.3) is 0 Å². The van der Waals surface area contributed by atoms with Crippen molar-refractivity contribution in [2.75, 3.05) is 15.1 Å². The molecule has 0 atom stereocenters. The van der Waals surface area contributed by atoms with Gasteiger partial charge in [0.15, 0.2) is 0 Å². The molecule has 0 saturated heterocycles. The topological polar surface area (TPSA) is 18.5 Å². The van der Waals surface area contributed by atoms with Crippen molar-refractivity contribution in [2.24, 2.45) is 0 Å². The van der Waals surface area contributed by atoms with Gasteiger partial charge in [-0.1, -0.05) is 221 Å². The van der Waals surface area contributed by atoms with Crippen molar-refractivity contribution in [1.29, 1.82) is 0 Å². The van der Waals surface area contributed by atoms with Gasteiger partial charge >= 0.3 is 0 Å². The number of halogens is 2. The molecule has 1 N–H and O–H groups in total. The molecular weight excluding hydrogens is 1030 g/mol. The highest BCUT2D eigenvalue weighted by Gasteiger charge is 2.21. The summed E-state index contributed by atoms with van der Waals surface area (Å²) in [6.45, 7) is 0. The van der Waals surface area contributed by atoms with E-state index >= 15 is 0 Å². The van der Waals surface area contributed by atoms with Crippen LogP contribution in [0.2, 0.25) is 0 Å². The maximum absolute atomic E-state index is 3.65. The molecule has 0 aromatic heterocycles. The molecule has 0 unspecified atom stereocenters. The van der Waals surface area contributed by atoms with Crippen LogP contribution in [0.25, 0.3) is 64.6 Å². The Morgan fingerprint density at radius 1 is 0.243 bits per heavy atom. The second-order valence-electron chi connectivity index (χ2n) is 18.0. The van der Waals surface area contributed by atoms with E-state index in [0.717, 1.165) is 43.1 Å². The van der Waals surface area contributed by atoms with E-state index in [-0.39, 0.29) is 7.43 Å². The van der Waals surface area contributed by atoms with Crippen molar-refractivity contribution in [3.05, 3.63) is 288 Å². The molecule has 0 aliphatic heterocycles. The summed E-state index contributed by atoms with van der Waals surface area (Å²) >= 11 is 7.30. The first kappa shape index (κ1) is 47.8. The molecule has 14 aromatic rings. The Kier molecular flexibility index (Phi) is 13.8. The zero-order valence-corrected chi connectivity index (χ0v) is 42.9. The fourth-order valence-electron chi connectivity index (χ4n) is 10.3. The molecule has 14 aromatic carbocycles. The molecule has 0 heterocycles. The van der Waals surface area contributed by atoms with E-state index in [1.165, 1.54) is 76.0 Å². The average molecular weight is 1080 g/mol. The maximum Gasteiger partial charge on any atom is 0.0540 e. The lowest BCUT2D eigenvalue weighted by molar-refractivity contribution is 1.30. The van der Waals surface area contributed by atoms with Crippen LogP contribution in [0.3, 0.4) is 0 Å². The van der Waals surface area contributed by atoms with Crippen molar-refractivity contribution in [1.82, 2.24) is 0 Å². The lowest BCUT2D eigenvalue weighted by atomic mass is 9.91. The molecule has 0 amide bonds. The number of rotatable bonds is 8. The number of hydrogen-bond donors (Lipinski definition) is 1. The third-order valence-corrected chi connectivity index (χ3v) is 14.9. The average Bonchev–Trinajstić information content (AvgIpc) is 3.47. The van der Waals surface area contributed by atoms with Crippen LogP contribution in [-0.4, -0.2) is 0 Å². The van der Waals surface area contributed by atoms with Crippen molar-refractivity contribution in [2.45, 2.75) is 7.43 Å². The van der Waals surface area contributed by atoms with Gasteiger partial charge in [-0.2, -0.15) is 0 Å². The normalized spacial score (nSPS) is 11.0. The van der Waals surface area contributed by atoms with Gasteiger partial charge in [-0.25, -0.2) is 0 Å². The molecule has 356 valence electrons. The highest BCUT2D eigenvalue weighted by molar-refractivity contribution is 9.11. The van der Waals surface area contributed by atoms with E-state index in [4.69, 9.17) is 0 Å². The van der Waals surface area contributed by atoms with Crippen LogP contribution in [0.15, 0.2) is 288 Å². The Balaban J connectivity index is 0.000000150. The molecule has 0 aliphatic rings. The zero-order valence-electron chi connectivity index (χ0n) is 39.7. The maximum atomic E-state index is 3.65. The van der Waals surface area contributed by atoms with E-state index in [2.05, 4.69) is 265 Å². The van der Waals surface area contributed by atoms with Crippen LogP contribution < -0.4 is 15.1 Å². The van der Waals surface area contributed by atoms with Gasteiger partial charge in [0.1, 0.15) is 0 Å². The van der Waals surface area contributed by atoms with Gasteiger partial charge in [0, 0.05) is 53.8 Å². The Morgan fingerprint density at radius 2 is 0.486 bits per heavy atom. The van der Waals surface area contributed by atoms with Gasteiger partial charge < -0.3 is 15.1 Å². The first-order valence-corrected chi connectivity index (χ1v) is 26.1. The predicted octanol–water partition coefficient (Wildman–Crippen LogP) is 21.7. The van der Waals surface area contributed by atoms with Crippen LogP contribution in [0.1, 0.15) is 7.43 Å². The summed E-state index contributed by atoms with van der Waals surface area (Å²) in [5, 5.41) is 18.7. The van der Waals surface area contributed by atoms with Gasteiger partial charge in [-0.15, -0.1) is 0 Å². The quantitative estimate of drug-likeness (QED) is 0.153. The SMILES string of the molecule is Brc1ccc2ccc3c(Br)ccc4ccc1c2c43.C.c1ccc(N(c2ccccc2)c2ccc3ccc4c(N(c5ccccc5)c5ccccc5)ccc5ccc2c3c54)cc1.c1ccc(Nc2ccccc2)cc1. The highest BCUT2D eigenvalue weighted by atomic mass is 79.9. The molecule has 0 bridgehead atoms. The van der Waals surface area contributed by atoms with Crippen molar-refractivity contribution < 1.29 is 0 Å². The van der Waals surface area contributed by atoms with E-state index in [0.29, 0.717) is 0 Å². The van der Waals surface area contributed by atoms with E-state index < -0.39 is 0 Å². The summed E-state index contributed by atoms with van der Waals surface area (Å²) in [6.07, 6.45) is 0. The van der Waals surface area contributed by atoms with E-state index in [1.54, 1.807) is 0 Å². The second-order valence-corrected chi connectivity index (χ2v) is 19.7. The number of nitrogens with zero attached hydrogens (tertiary/aromatic N) is 2. The minimum Gasteiger partial charge on any atom is -0.356 e. The minimum atomic E-state index is 0. The molecule has 0 saturated carbocycles. The van der Waals surface area contributed by atoms with Gasteiger partial charge in [0.2, 0.25) is 0 Å². The standard InChI is InChI=1S/C40H28N2.C16H8Br2.C12H11N.CH4/c1-5-13-31(14-6-1)41(32-15-7-2-8-16-32)37-27-23-29-22-26-36-38(28-24-30-21-25-35(37)39(29)40(30)36)42(33-17-9-3-10-18-33)34-19-11-4-12-20-34;17-13-8-4-10-2-6-12-14(18)7-3-9-1-5-11(13)16(10)15(9)12;1-3-7-11(8-4-1)13-12-9-5-2-6-10-12;/h1-28H;1-8H;1-10,13H;1H4. The molecule has 74 heavy (non-hydrogen) atoms. The summed E-state index contributed by atoms with van der Waals surface area (Å²) in [5.74, 6) is 0. The molecule has 14 rings (SSSR count). The molecular formula is C69H51Br2N3. The van der Waals surface area contributed by atoms with Crippen molar-refractivity contribution >= 4 is 142 Å². The summed E-state index contributed by atoms with van der Waals surface area (Å²) < 4.78 is 2.31. The third-order valence-electron chi connectivity index (χ3n) is 13.6. The number of anilines is 8. The largest absolute Gasteiger partial charge is 0.356 e. The number of para-hydroxylation sites is 6. The van der Waals surface area contributed by atoms with E-state index in [1.807, 2.05) is 60.7 Å². The smallest absolute Gasteiger partial charge is 0.0540 e. The minimum absolute atomic E-state index is 0. The number of nitrogens with one attached hydrogen (secondary N) is 1. The summed E-state index contributed by atoms with van der Waals surface area (Å²) in [7, 11) is 0. The molecule has 0 aliphatic carbocycles. The van der Waals surface area contributed by atoms with Crippen molar-refractivity contribution in [3.63, 3.8) is 0 Å². The van der Waals surface area contributed by atoms with Crippen LogP contribution in [0.4, 0.5) is 45.5 Å². The summed E-state index contributed by atoms with van der Waals surface area (Å²) in [6, 6.07) is 98.5. The first-order chi connectivity index (χ1) is 36.1. The Morgan fingerprint density at radius 3 is 0.797 bits per heavy atom. The molecule has 0 spiro atoms. The zero-order chi connectivity index (χ0) is 49.1. The summed E-state index contributed by atoms with van der Waals surface area (Å²) in [5.41, 5.74) is 9.13. The number of hydrogen-bond acceptors (Lipinski definition) is 3. The van der Waals surface area contributed by atoms with E-state index in [9.17, 15) is 0 Å². The Labute approximate surface area is 449 Å². The summed E-state index contributed by atoms with van der Waals surface area (Å²) in [4.78, 5) is 4.74. The fraction of sp³-hybridized carbons (Fsp3) is 0.0145. The Hall–Kier alpha value is -8.48. The fourth-order valence-corrected chi connectivity index (χ4v) is 11.2. The predicted molar refractivity (Wildman–Crippen MR) is 328 cm³/mol. The van der Waals surface area contributed by atoms with Gasteiger partial charge in [-0.05, 0) is 151 Å². The van der Waals surface area contributed by atoms with Crippen LogP contribution in [0.5, 0.6) is 0 Å². The van der Waals surface area contributed by atoms with Crippen molar-refractivity contribution in [3.8, 4) is 0 Å². The lowest BCUT2D eigenvalue weighted by Crippen LogP contribution is -2.11. The molecule has 0 fully saturated rings. The van der Waals surface area contributed by atoms with Gasteiger partial charge in [0.05, 0.1) is 11.4 Å². The van der Waals surface area contributed by atoms with Crippen LogP contribution in [0, 0.1) is 0 Å². The highest BCUT2D eigenvalue weighted by Crippen LogP contribution is 2.47. The monoisotopic (exact) mass is 1080 g/mol. The van der Waals surface area contributed by atoms with Crippen LogP contribution >= 0.6 is 31.9 Å². The molecule has 3 nitrogen and oxygen atoms in total. The molecule has 0 radical (unpaired) electrons. The second kappa shape index (κ2) is 21.3. The third kappa shape index (κ3) is 9.29. The van der Waals surface area contributed by atoms with Gasteiger partial charge in [-0.3, -0.25) is 0 Å². The number of benzene rings is 14. The van der Waals surface area contributed by atoms with Crippen LogP contribution in [-0.2, 0) is 0 Å². The first-order valence-electron chi connectivity index (χ1n) is 24.5. The molecule has 5 heteroatoms. The lowest BCUT2D eigenvalue weighted by Gasteiger charge is -2.29. The Bertz CT molecular complexity index is 3770.